The van der Waals surface area contributed by atoms with Crippen molar-refractivity contribution in [3.8, 4) is 11.5 Å². The summed E-state index contributed by atoms with van der Waals surface area (Å²) in [6, 6.07) is 15.9. The van der Waals surface area contributed by atoms with Crippen molar-refractivity contribution in [2.45, 2.75) is 13.0 Å². The van der Waals surface area contributed by atoms with Crippen LogP contribution in [0.2, 0.25) is 0 Å². The van der Waals surface area contributed by atoms with E-state index in [2.05, 4.69) is 11.0 Å². The number of ether oxygens (including phenoxy) is 3. The van der Waals surface area contributed by atoms with Crippen molar-refractivity contribution in [3.05, 3.63) is 54.1 Å². The van der Waals surface area contributed by atoms with E-state index in [1.807, 2.05) is 42.5 Å². The highest BCUT2D eigenvalue weighted by Crippen LogP contribution is 2.30. The van der Waals surface area contributed by atoms with Gasteiger partial charge in [-0.25, -0.2) is 4.79 Å². The van der Waals surface area contributed by atoms with Gasteiger partial charge in [0, 0.05) is 26.2 Å². The first-order chi connectivity index (χ1) is 13.2. The molecule has 3 rings (SSSR count). The molecule has 0 spiro atoms. The van der Waals surface area contributed by atoms with E-state index in [1.54, 1.807) is 12.0 Å². The molecule has 0 bridgehead atoms. The van der Waals surface area contributed by atoms with Crippen molar-refractivity contribution in [2.75, 3.05) is 45.3 Å². The zero-order valence-electron chi connectivity index (χ0n) is 15.9. The topological polar surface area (TPSA) is 51.2 Å². The Morgan fingerprint density at radius 3 is 2.67 bits per heavy atom. The molecule has 0 saturated carbocycles. The minimum Gasteiger partial charge on any atom is -0.497 e. The lowest BCUT2D eigenvalue weighted by Crippen LogP contribution is -2.35. The lowest BCUT2D eigenvalue weighted by molar-refractivity contribution is 0.126. The number of rotatable bonds is 5. The number of nitrogens with zero attached hydrogens (tertiary/aromatic N) is 2. The average Bonchev–Trinajstić information content (AvgIpc) is 2.98. The molecule has 6 nitrogen and oxygen atoms in total. The monoisotopic (exact) mass is 370 g/mol. The molecule has 1 aliphatic heterocycles. The molecule has 2 aromatic rings. The molecule has 2 aromatic carbocycles. The van der Waals surface area contributed by atoms with Crippen LogP contribution in [-0.4, -0.2) is 51.4 Å². The maximum atomic E-state index is 11.8. The highest BCUT2D eigenvalue weighted by Gasteiger charge is 2.21. The van der Waals surface area contributed by atoms with Gasteiger partial charge in [0.05, 0.1) is 19.9 Å². The van der Waals surface area contributed by atoms with Crippen LogP contribution in [-0.2, 0) is 11.3 Å². The average molecular weight is 370 g/mol. The molecule has 0 aromatic heterocycles. The number of benzene rings is 2. The van der Waals surface area contributed by atoms with Gasteiger partial charge in [-0.15, -0.1) is 0 Å². The summed E-state index contributed by atoms with van der Waals surface area (Å²) in [4.78, 5) is 15.8. The molecule has 1 saturated heterocycles. The van der Waals surface area contributed by atoms with E-state index in [4.69, 9.17) is 14.2 Å². The maximum Gasteiger partial charge on any atom is 0.409 e. The molecule has 1 heterocycles. The summed E-state index contributed by atoms with van der Waals surface area (Å²) in [5, 5.41) is 0. The molecule has 6 heteroatoms. The third kappa shape index (κ3) is 4.84. The molecule has 1 fully saturated rings. The van der Waals surface area contributed by atoms with E-state index in [9.17, 15) is 4.79 Å². The predicted molar refractivity (Wildman–Crippen MR) is 105 cm³/mol. The van der Waals surface area contributed by atoms with Crippen LogP contribution in [0, 0.1) is 0 Å². The van der Waals surface area contributed by atoms with Gasteiger partial charge in [0.25, 0.3) is 0 Å². The molecule has 1 amide bonds. The van der Waals surface area contributed by atoms with Crippen LogP contribution in [0.1, 0.15) is 12.0 Å². The van der Waals surface area contributed by atoms with E-state index in [0.29, 0.717) is 19.7 Å². The van der Waals surface area contributed by atoms with Gasteiger partial charge >= 0.3 is 6.09 Å². The van der Waals surface area contributed by atoms with Gasteiger partial charge in [0.15, 0.2) is 0 Å². The highest BCUT2D eigenvalue weighted by molar-refractivity contribution is 5.67. The first kappa shape index (κ1) is 18.9. The van der Waals surface area contributed by atoms with E-state index in [-0.39, 0.29) is 6.09 Å². The smallest absolute Gasteiger partial charge is 0.409 e. The Balaban J connectivity index is 1.69. The maximum absolute atomic E-state index is 11.8. The summed E-state index contributed by atoms with van der Waals surface area (Å²) in [6.45, 7) is 3.42. The fourth-order valence-electron chi connectivity index (χ4n) is 3.23. The molecular formula is C21H26N2O4. The van der Waals surface area contributed by atoms with Crippen molar-refractivity contribution in [1.29, 1.82) is 0 Å². The Morgan fingerprint density at radius 2 is 1.85 bits per heavy atom. The quantitative estimate of drug-likeness (QED) is 0.806. The summed E-state index contributed by atoms with van der Waals surface area (Å²) >= 11 is 0. The number of carbonyl (C=O) groups excluding carboxylic acids is 1. The van der Waals surface area contributed by atoms with Crippen molar-refractivity contribution < 1.29 is 19.0 Å². The van der Waals surface area contributed by atoms with Gasteiger partial charge in [-0.05, 0) is 36.2 Å². The number of carbonyl (C=O) groups is 1. The fraction of sp³-hybridized carbons (Fsp3) is 0.381. The number of anilines is 1. The van der Waals surface area contributed by atoms with Gasteiger partial charge in [-0.3, -0.25) is 0 Å². The van der Waals surface area contributed by atoms with Crippen LogP contribution in [0.4, 0.5) is 10.5 Å². The molecule has 27 heavy (non-hydrogen) atoms. The predicted octanol–water partition coefficient (Wildman–Crippen LogP) is 3.55. The van der Waals surface area contributed by atoms with Gasteiger partial charge in [0.1, 0.15) is 18.1 Å². The third-order valence-corrected chi connectivity index (χ3v) is 4.66. The Labute approximate surface area is 160 Å². The summed E-state index contributed by atoms with van der Waals surface area (Å²) in [5.41, 5.74) is 2.10. The number of hydrogen-bond acceptors (Lipinski definition) is 5. The Hall–Kier alpha value is -2.89. The van der Waals surface area contributed by atoms with E-state index < -0.39 is 0 Å². The molecule has 0 radical (unpaired) electrons. The Kier molecular flexibility index (Phi) is 6.41. The summed E-state index contributed by atoms with van der Waals surface area (Å²) in [5.74, 6) is 1.66. The lowest BCUT2D eigenvalue weighted by atomic mass is 10.2. The molecule has 0 aliphatic carbocycles. The summed E-state index contributed by atoms with van der Waals surface area (Å²) in [6.07, 6.45) is 0.624. The molecule has 0 unspecified atom stereocenters. The molecule has 1 aliphatic rings. The fourth-order valence-corrected chi connectivity index (χ4v) is 3.23. The second-order valence-electron chi connectivity index (χ2n) is 6.41. The minimum absolute atomic E-state index is 0.264. The number of methoxy groups -OCH3 is 2. The van der Waals surface area contributed by atoms with Crippen LogP contribution in [0.15, 0.2) is 48.5 Å². The van der Waals surface area contributed by atoms with E-state index in [0.717, 1.165) is 42.3 Å². The summed E-state index contributed by atoms with van der Waals surface area (Å²) < 4.78 is 16.2. The molecule has 0 N–H and O–H groups in total. The van der Waals surface area contributed by atoms with Crippen LogP contribution >= 0.6 is 0 Å². The van der Waals surface area contributed by atoms with Crippen LogP contribution in [0.3, 0.4) is 0 Å². The number of amides is 1. The standard InChI is InChI=1S/C21H26N2O4/c1-25-18-8-5-7-17(15-18)16-27-20-10-4-3-9-19(20)22-11-6-12-23(14-13-22)21(24)26-2/h3-5,7-10,15H,6,11-14,16H2,1-2H3. The van der Waals surface area contributed by atoms with Crippen molar-refractivity contribution in [3.63, 3.8) is 0 Å². The van der Waals surface area contributed by atoms with Gasteiger partial charge in [-0.1, -0.05) is 24.3 Å². The second kappa shape index (κ2) is 9.16. The van der Waals surface area contributed by atoms with Gasteiger partial charge in [-0.2, -0.15) is 0 Å². The molecule has 0 atom stereocenters. The highest BCUT2D eigenvalue weighted by atomic mass is 16.5. The Bertz CT molecular complexity index is 765. The number of para-hydroxylation sites is 2. The lowest BCUT2D eigenvalue weighted by Gasteiger charge is -2.25. The van der Waals surface area contributed by atoms with Crippen molar-refractivity contribution in [1.82, 2.24) is 4.90 Å². The van der Waals surface area contributed by atoms with Crippen LogP contribution in [0.25, 0.3) is 0 Å². The van der Waals surface area contributed by atoms with E-state index >= 15 is 0 Å². The normalized spacial score (nSPS) is 14.4. The summed E-state index contributed by atoms with van der Waals surface area (Å²) in [7, 11) is 3.08. The zero-order chi connectivity index (χ0) is 19.1. The van der Waals surface area contributed by atoms with Crippen molar-refractivity contribution >= 4 is 11.8 Å². The third-order valence-electron chi connectivity index (χ3n) is 4.66. The SMILES string of the molecule is COC(=O)N1CCCN(c2ccccc2OCc2cccc(OC)c2)CC1. The first-order valence-corrected chi connectivity index (χ1v) is 9.14. The molecular weight excluding hydrogens is 344 g/mol. The molecule has 144 valence electrons. The van der Waals surface area contributed by atoms with Crippen LogP contribution in [0.5, 0.6) is 11.5 Å². The number of hydrogen-bond donors (Lipinski definition) is 0. The van der Waals surface area contributed by atoms with Crippen molar-refractivity contribution in [2.24, 2.45) is 0 Å². The minimum atomic E-state index is -0.264. The Morgan fingerprint density at radius 1 is 1.00 bits per heavy atom. The van der Waals surface area contributed by atoms with E-state index in [1.165, 1.54) is 7.11 Å². The van der Waals surface area contributed by atoms with Gasteiger partial charge < -0.3 is 24.0 Å². The largest absolute Gasteiger partial charge is 0.497 e. The van der Waals surface area contributed by atoms with Crippen LogP contribution < -0.4 is 14.4 Å². The second-order valence-corrected chi connectivity index (χ2v) is 6.41. The van der Waals surface area contributed by atoms with Gasteiger partial charge in [0.2, 0.25) is 0 Å². The first-order valence-electron chi connectivity index (χ1n) is 9.14. The zero-order valence-corrected chi connectivity index (χ0v) is 15.9.